The van der Waals surface area contributed by atoms with Gasteiger partial charge in [-0.25, -0.2) is 0 Å². The SMILES string of the molecule is Cc1nn(CCCC(C)(C)C#N)c(C)c1CCl. The van der Waals surface area contributed by atoms with Crippen molar-refractivity contribution in [1.82, 2.24) is 9.78 Å². The van der Waals surface area contributed by atoms with Gasteiger partial charge in [0.05, 0.1) is 23.1 Å². The first-order valence-electron chi connectivity index (χ1n) is 5.91. The van der Waals surface area contributed by atoms with E-state index in [0.717, 1.165) is 36.3 Å². The van der Waals surface area contributed by atoms with Crippen LogP contribution in [0.1, 0.15) is 43.6 Å². The average molecular weight is 254 g/mol. The number of aryl methyl sites for hydroxylation is 2. The first-order valence-corrected chi connectivity index (χ1v) is 6.45. The van der Waals surface area contributed by atoms with Crippen molar-refractivity contribution in [2.45, 2.75) is 53.0 Å². The molecule has 1 aromatic heterocycles. The molecule has 0 amide bonds. The third-order valence-corrected chi connectivity index (χ3v) is 3.41. The molecule has 0 aliphatic rings. The lowest BCUT2D eigenvalue weighted by atomic mass is 9.90. The Morgan fingerprint density at radius 2 is 2.06 bits per heavy atom. The van der Waals surface area contributed by atoms with Crippen molar-refractivity contribution in [1.29, 1.82) is 5.26 Å². The number of hydrogen-bond acceptors (Lipinski definition) is 2. The van der Waals surface area contributed by atoms with Crippen LogP contribution in [0.3, 0.4) is 0 Å². The summed E-state index contributed by atoms with van der Waals surface area (Å²) in [7, 11) is 0. The van der Waals surface area contributed by atoms with Gasteiger partial charge in [0.1, 0.15) is 0 Å². The van der Waals surface area contributed by atoms with Gasteiger partial charge in [-0.05, 0) is 40.5 Å². The predicted octanol–water partition coefficient (Wildman–Crippen LogP) is 3.57. The Hall–Kier alpha value is -1.01. The second kappa shape index (κ2) is 5.55. The molecule has 1 rings (SSSR count). The van der Waals surface area contributed by atoms with Gasteiger partial charge in [-0.2, -0.15) is 10.4 Å². The van der Waals surface area contributed by atoms with Crippen molar-refractivity contribution < 1.29 is 0 Å². The quantitative estimate of drug-likeness (QED) is 0.753. The maximum absolute atomic E-state index is 8.94. The van der Waals surface area contributed by atoms with E-state index < -0.39 is 0 Å². The van der Waals surface area contributed by atoms with Gasteiger partial charge in [-0.3, -0.25) is 4.68 Å². The summed E-state index contributed by atoms with van der Waals surface area (Å²) in [5.41, 5.74) is 3.04. The minimum atomic E-state index is -0.245. The summed E-state index contributed by atoms with van der Waals surface area (Å²) in [4.78, 5) is 0. The maximum atomic E-state index is 8.94. The molecular weight excluding hydrogens is 234 g/mol. The lowest BCUT2D eigenvalue weighted by Crippen LogP contribution is -2.11. The fourth-order valence-electron chi connectivity index (χ4n) is 1.87. The van der Waals surface area contributed by atoms with E-state index in [1.165, 1.54) is 0 Å². The molecule has 94 valence electrons. The van der Waals surface area contributed by atoms with Crippen LogP contribution in [0.25, 0.3) is 0 Å². The zero-order valence-corrected chi connectivity index (χ0v) is 11.8. The standard InChI is InChI=1S/C13H20ClN3/c1-10-12(8-14)11(2)17(16-10)7-5-6-13(3,4)9-15/h5-8H2,1-4H3. The Balaban J connectivity index is 2.62. The summed E-state index contributed by atoms with van der Waals surface area (Å²) in [6.07, 6.45) is 1.85. The molecular formula is C13H20ClN3. The van der Waals surface area contributed by atoms with Crippen LogP contribution in [-0.4, -0.2) is 9.78 Å². The largest absolute Gasteiger partial charge is 0.269 e. The fraction of sp³-hybridized carbons (Fsp3) is 0.692. The first kappa shape index (κ1) is 14.1. The lowest BCUT2D eigenvalue weighted by molar-refractivity contribution is 0.404. The molecule has 0 aliphatic carbocycles. The minimum Gasteiger partial charge on any atom is -0.269 e. The molecule has 3 nitrogen and oxygen atoms in total. The molecule has 4 heteroatoms. The first-order chi connectivity index (χ1) is 7.91. The van der Waals surface area contributed by atoms with Gasteiger partial charge in [-0.15, -0.1) is 11.6 Å². The Morgan fingerprint density at radius 1 is 1.41 bits per heavy atom. The average Bonchev–Trinajstić information content (AvgIpc) is 2.54. The summed E-state index contributed by atoms with van der Waals surface area (Å²) in [6, 6.07) is 2.32. The summed E-state index contributed by atoms with van der Waals surface area (Å²) in [5.74, 6) is 0.515. The summed E-state index contributed by atoms with van der Waals surface area (Å²) >= 11 is 5.88. The highest BCUT2D eigenvalue weighted by Gasteiger charge is 2.16. The van der Waals surface area contributed by atoms with Gasteiger partial charge in [0.25, 0.3) is 0 Å². The van der Waals surface area contributed by atoms with Gasteiger partial charge >= 0.3 is 0 Å². The van der Waals surface area contributed by atoms with Crippen molar-refractivity contribution in [3.8, 4) is 6.07 Å². The smallest absolute Gasteiger partial charge is 0.0683 e. The topological polar surface area (TPSA) is 41.6 Å². The lowest BCUT2D eigenvalue weighted by Gasteiger charge is -2.14. The van der Waals surface area contributed by atoms with E-state index in [2.05, 4.69) is 11.2 Å². The van der Waals surface area contributed by atoms with E-state index in [0.29, 0.717) is 5.88 Å². The van der Waals surface area contributed by atoms with Gasteiger partial charge in [0.15, 0.2) is 0 Å². The summed E-state index contributed by atoms with van der Waals surface area (Å²) in [5, 5.41) is 13.4. The number of nitrogens with zero attached hydrogens (tertiary/aromatic N) is 3. The van der Waals surface area contributed by atoms with Gasteiger partial charge in [-0.1, -0.05) is 0 Å². The molecule has 0 fully saturated rings. The van der Waals surface area contributed by atoms with Crippen molar-refractivity contribution >= 4 is 11.6 Å². The van der Waals surface area contributed by atoms with Crippen molar-refractivity contribution in [2.24, 2.45) is 5.41 Å². The molecule has 0 bridgehead atoms. The van der Waals surface area contributed by atoms with Crippen molar-refractivity contribution in [3.63, 3.8) is 0 Å². The minimum absolute atomic E-state index is 0.245. The zero-order chi connectivity index (χ0) is 13.1. The van der Waals surface area contributed by atoms with Gasteiger partial charge < -0.3 is 0 Å². The Labute approximate surface area is 108 Å². The highest BCUT2D eigenvalue weighted by Crippen LogP contribution is 2.22. The normalized spacial score (nSPS) is 11.5. The van der Waals surface area contributed by atoms with Gasteiger partial charge in [0.2, 0.25) is 0 Å². The van der Waals surface area contributed by atoms with Crippen molar-refractivity contribution in [3.05, 3.63) is 17.0 Å². The Kier molecular flexibility index (Phi) is 4.59. The summed E-state index contributed by atoms with van der Waals surface area (Å²) in [6.45, 7) is 8.83. The van der Waals surface area contributed by atoms with Crippen LogP contribution in [0.2, 0.25) is 0 Å². The number of hydrogen-bond donors (Lipinski definition) is 0. The third kappa shape index (κ3) is 3.47. The highest BCUT2D eigenvalue weighted by molar-refractivity contribution is 6.17. The maximum Gasteiger partial charge on any atom is 0.0683 e. The number of halogens is 1. The fourth-order valence-corrected chi connectivity index (χ4v) is 2.26. The number of aromatic nitrogens is 2. The molecule has 1 aromatic rings. The molecule has 17 heavy (non-hydrogen) atoms. The summed E-state index contributed by atoms with van der Waals surface area (Å²) < 4.78 is 2.00. The molecule has 0 saturated carbocycles. The Morgan fingerprint density at radius 3 is 2.53 bits per heavy atom. The van der Waals surface area contributed by atoms with E-state index >= 15 is 0 Å². The molecule has 1 heterocycles. The molecule has 0 radical (unpaired) electrons. The second-order valence-corrected chi connectivity index (χ2v) is 5.37. The molecule has 0 spiro atoms. The van der Waals surface area contributed by atoms with Gasteiger partial charge in [0, 0.05) is 17.8 Å². The number of rotatable bonds is 5. The van der Waals surface area contributed by atoms with Crippen LogP contribution in [0.4, 0.5) is 0 Å². The van der Waals surface area contributed by atoms with Crippen LogP contribution in [0.5, 0.6) is 0 Å². The van der Waals surface area contributed by atoms with Crippen LogP contribution < -0.4 is 0 Å². The molecule has 0 aliphatic heterocycles. The molecule has 0 saturated heterocycles. The Bertz CT molecular complexity index is 427. The predicted molar refractivity (Wildman–Crippen MR) is 69.9 cm³/mol. The third-order valence-electron chi connectivity index (χ3n) is 3.14. The molecule has 0 N–H and O–H groups in total. The van der Waals surface area contributed by atoms with E-state index in [9.17, 15) is 0 Å². The highest BCUT2D eigenvalue weighted by atomic mass is 35.5. The number of nitriles is 1. The van der Waals surface area contributed by atoms with E-state index in [1.807, 2.05) is 32.4 Å². The van der Waals surface area contributed by atoms with E-state index in [-0.39, 0.29) is 5.41 Å². The van der Waals surface area contributed by atoms with Crippen LogP contribution in [0.15, 0.2) is 0 Å². The van der Waals surface area contributed by atoms with Crippen molar-refractivity contribution in [2.75, 3.05) is 0 Å². The van der Waals surface area contributed by atoms with E-state index in [1.54, 1.807) is 0 Å². The molecule has 0 atom stereocenters. The molecule has 0 aromatic carbocycles. The molecule has 0 unspecified atom stereocenters. The zero-order valence-electron chi connectivity index (χ0n) is 11.0. The van der Waals surface area contributed by atoms with Crippen LogP contribution in [0, 0.1) is 30.6 Å². The number of alkyl halides is 1. The van der Waals surface area contributed by atoms with Crippen LogP contribution in [-0.2, 0) is 12.4 Å². The second-order valence-electron chi connectivity index (χ2n) is 5.11. The van der Waals surface area contributed by atoms with Crippen LogP contribution >= 0.6 is 11.6 Å². The van der Waals surface area contributed by atoms with E-state index in [4.69, 9.17) is 16.9 Å². The monoisotopic (exact) mass is 253 g/mol.